The van der Waals surface area contributed by atoms with Crippen molar-refractivity contribution in [2.45, 2.75) is 31.7 Å². The van der Waals surface area contributed by atoms with Gasteiger partial charge in [-0.25, -0.2) is 0 Å². The molecule has 0 aromatic carbocycles. The molecule has 2 aromatic heterocycles. The second-order valence-corrected chi connectivity index (χ2v) is 6.90. The van der Waals surface area contributed by atoms with Gasteiger partial charge in [0.15, 0.2) is 11.6 Å². The van der Waals surface area contributed by atoms with Crippen molar-refractivity contribution in [3.63, 3.8) is 0 Å². The molecule has 0 atom stereocenters. The number of nitrogens with one attached hydrogen (secondary N) is 2. The van der Waals surface area contributed by atoms with Gasteiger partial charge in [-0.05, 0) is 31.4 Å². The van der Waals surface area contributed by atoms with E-state index >= 15 is 0 Å². The van der Waals surface area contributed by atoms with Crippen LogP contribution in [0.2, 0.25) is 0 Å². The third-order valence-corrected chi connectivity index (χ3v) is 5.00. The molecule has 1 aliphatic rings. The molecule has 2 aromatic rings. The number of ether oxygens (including phenoxy) is 1. The molecule has 0 bridgehead atoms. The number of methoxy groups -OCH3 is 1. The summed E-state index contributed by atoms with van der Waals surface area (Å²) in [6, 6.07) is 6.41. The van der Waals surface area contributed by atoms with Crippen molar-refractivity contribution < 1.29 is 4.74 Å². The van der Waals surface area contributed by atoms with Crippen LogP contribution in [0.3, 0.4) is 0 Å². The molecule has 28 heavy (non-hydrogen) atoms. The van der Waals surface area contributed by atoms with Crippen molar-refractivity contribution in [3.05, 3.63) is 30.2 Å². The SMILES string of the molecule is CN=C(NCCc1nnc2ccccn12)NC1CCN(CCCOC)CC1.I. The topological polar surface area (TPSA) is 79.1 Å². The first-order chi connectivity index (χ1) is 13.3. The third kappa shape index (κ3) is 6.56. The maximum atomic E-state index is 5.14. The lowest BCUT2D eigenvalue weighted by Crippen LogP contribution is -2.49. The van der Waals surface area contributed by atoms with Crippen LogP contribution in [0, 0.1) is 0 Å². The van der Waals surface area contributed by atoms with E-state index in [1.807, 2.05) is 35.8 Å². The van der Waals surface area contributed by atoms with E-state index in [0.717, 1.165) is 75.9 Å². The second kappa shape index (κ2) is 12.2. The minimum Gasteiger partial charge on any atom is -0.385 e. The predicted molar refractivity (Wildman–Crippen MR) is 123 cm³/mol. The number of hydrogen-bond donors (Lipinski definition) is 2. The zero-order valence-electron chi connectivity index (χ0n) is 16.8. The van der Waals surface area contributed by atoms with E-state index in [1.54, 1.807) is 7.11 Å². The van der Waals surface area contributed by atoms with Crippen LogP contribution >= 0.6 is 24.0 Å². The Morgan fingerprint density at radius 2 is 2.11 bits per heavy atom. The Morgan fingerprint density at radius 3 is 2.86 bits per heavy atom. The Balaban J connectivity index is 0.00000280. The van der Waals surface area contributed by atoms with E-state index in [0.29, 0.717) is 6.04 Å². The Kier molecular flexibility index (Phi) is 9.93. The second-order valence-electron chi connectivity index (χ2n) is 6.90. The minimum absolute atomic E-state index is 0. The molecule has 0 unspecified atom stereocenters. The number of nitrogens with zero attached hydrogens (tertiary/aromatic N) is 5. The van der Waals surface area contributed by atoms with E-state index in [2.05, 4.69) is 30.7 Å². The molecular formula is C19H32IN7O. The fourth-order valence-corrected chi connectivity index (χ4v) is 3.48. The smallest absolute Gasteiger partial charge is 0.191 e. The molecule has 3 heterocycles. The molecule has 0 spiro atoms. The molecule has 3 rings (SSSR count). The molecule has 0 radical (unpaired) electrons. The highest BCUT2D eigenvalue weighted by Gasteiger charge is 2.19. The number of rotatable bonds is 8. The van der Waals surface area contributed by atoms with Crippen molar-refractivity contribution in [1.82, 2.24) is 30.1 Å². The van der Waals surface area contributed by atoms with Crippen molar-refractivity contribution in [3.8, 4) is 0 Å². The predicted octanol–water partition coefficient (Wildman–Crippen LogP) is 1.56. The van der Waals surface area contributed by atoms with Crippen molar-refractivity contribution in [2.75, 3.05) is 46.9 Å². The summed E-state index contributed by atoms with van der Waals surface area (Å²) in [5, 5.41) is 15.4. The summed E-state index contributed by atoms with van der Waals surface area (Å²) in [5.74, 6) is 1.82. The summed E-state index contributed by atoms with van der Waals surface area (Å²) in [6.07, 6.45) is 6.18. The van der Waals surface area contributed by atoms with Crippen molar-refractivity contribution >= 4 is 35.6 Å². The number of guanidine groups is 1. The number of halogens is 1. The lowest BCUT2D eigenvalue weighted by Gasteiger charge is -2.33. The Bertz CT molecular complexity index is 728. The molecule has 9 heteroatoms. The van der Waals surface area contributed by atoms with Gasteiger partial charge in [-0.1, -0.05) is 6.07 Å². The van der Waals surface area contributed by atoms with E-state index in [-0.39, 0.29) is 24.0 Å². The van der Waals surface area contributed by atoms with Crippen LogP contribution in [0.5, 0.6) is 0 Å². The Labute approximate surface area is 184 Å². The van der Waals surface area contributed by atoms with Gasteiger partial charge in [-0.2, -0.15) is 0 Å². The lowest BCUT2D eigenvalue weighted by molar-refractivity contribution is 0.155. The zero-order chi connectivity index (χ0) is 18.9. The summed E-state index contributed by atoms with van der Waals surface area (Å²) >= 11 is 0. The molecule has 2 N–H and O–H groups in total. The zero-order valence-corrected chi connectivity index (χ0v) is 19.1. The van der Waals surface area contributed by atoms with E-state index in [1.165, 1.54) is 0 Å². The normalized spacial score (nSPS) is 16.1. The first-order valence-electron chi connectivity index (χ1n) is 9.77. The summed E-state index contributed by atoms with van der Waals surface area (Å²) in [7, 11) is 3.59. The van der Waals surface area contributed by atoms with Gasteiger partial charge >= 0.3 is 0 Å². The monoisotopic (exact) mass is 501 g/mol. The molecule has 1 saturated heterocycles. The van der Waals surface area contributed by atoms with Crippen LogP contribution in [-0.2, 0) is 11.2 Å². The van der Waals surface area contributed by atoms with E-state index < -0.39 is 0 Å². The van der Waals surface area contributed by atoms with Gasteiger partial charge in [0.2, 0.25) is 0 Å². The molecular weight excluding hydrogens is 469 g/mol. The standard InChI is InChI=1S/C19H31N7O.HI/c1-20-19(22-16-8-13-25(14-9-16)11-5-15-27-2)21-10-7-18-24-23-17-6-3-4-12-26(17)18;/h3-4,6,12,16H,5,7-11,13-15H2,1-2H3,(H2,20,21,22);1H. The van der Waals surface area contributed by atoms with Crippen molar-refractivity contribution in [2.24, 2.45) is 4.99 Å². The Morgan fingerprint density at radius 1 is 1.29 bits per heavy atom. The maximum absolute atomic E-state index is 5.14. The van der Waals surface area contributed by atoms with Crippen LogP contribution in [0.25, 0.3) is 5.65 Å². The number of aromatic nitrogens is 3. The molecule has 8 nitrogen and oxygen atoms in total. The van der Waals surface area contributed by atoms with Crippen LogP contribution < -0.4 is 10.6 Å². The molecule has 1 aliphatic heterocycles. The molecule has 0 saturated carbocycles. The summed E-state index contributed by atoms with van der Waals surface area (Å²) in [5.41, 5.74) is 0.882. The van der Waals surface area contributed by atoms with Crippen LogP contribution in [0.4, 0.5) is 0 Å². The van der Waals surface area contributed by atoms with Crippen LogP contribution in [0.15, 0.2) is 29.4 Å². The molecule has 1 fully saturated rings. The van der Waals surface area contributed by atoms with Gasteiger partial charge in [0, 0.05) is 65.6 Å². The number of aliphatic imine (C=N–C) groups is 1. The number of fused-ring (bicyclic) bond motifs is 1. The summed E-state index contributed by atoms with van der Waals surface area (Å²) in [6.45, 7) is 5.00. The highest BCUT2D eigenvalue weighted by atomic mass is 127. The quantitative estimate of drug-likeness (QED) is 0.248. The average Bonchev–Trinajstić information content (AvgIpc) is 3.12. The highest BCUT2D eigenvalue weighted by Crippen LogP contribution is 2.10. The number of pyridine rings is 1. The van der Waals surface area contributed by atoms with Gasteiger partial charge in [-0.15, -0.1) is 34.2 Å². The lowest BCUT2D eigenvalue weighted by atomic mass is 10.1. The fraction of sp³-hybridized carbons (Fsp3) is 0.632. The van der Waals surface area contributed by atoms with Gasteiger partial charge < -0.3 is 20.3 Å². The van der Waals surface area contributed by atoms with Gasteiger partial charge in [0.05, 0.1) is 0 Å². The Hall–Kier alpha value is -1.46. The number of piperidine rings is 1. The first kappa shape index (κ1) is 22.8. The minimum atomic E-state index is 0. The third-order valence-electron chi connectivity index (χ3n) is 5.00. The van der Waals surface area contributed by atoms with Gasteiger partial charge in [-0.3, -0.25) is 9.39 Å². The summed E-state index contributed by atoms with van der Waals surface area (Å²) < 4.78 is 7.16. The van der Waals surface area contributed by atoms with Gasteiger partial charge in [0.1, 0.15) is 5.82 Å². The maximum Gasteiger partial charge on any atom is 0.191 e. The van der Waals surface area contributed by atoms with Gasteiger partial charge in [0.25, 0.3) is 0 Å². The largest absolute Gasteiger partial charge is 0.385 e. The van der Waals surface area contributed by atoms with Crippen LogP contribution in [-0.4, -0.2) is 78.4 Å². The fourth-order valence-electron chi connectivity index (χ4n) is 3.48. The van der Waals surface area contributed by atoms with Crippen LogP contribution in [0.1, 0.15) is 25.1 Å². The number of hydrogen-bond acceptors (Lipinski definition) is 5. The first-order valence-corrected chi connectivity index (χ1v) is 9.77. The molecule has 156 valence electrons. The average molecular weight is 501 g/mol. The molecule has 0 amide bonds. The summed E-state index contributed by atoms with van der Waals surface area (Å²) in [4.78, 5) is 6.88. The number of likely N-dealkylation sites (tertiary alicyclic amines) is 1. The highest BCUT2D eigenvalue weighted by molar-refractivity contribution is 14.0. The van der Waals surface area contributed by atoms with E-state index in [9.17, 15) is 0 Å². The van der Waals surface area contributed by atoms with Crippen molar-refractivity contribution in [1.29, 1.82) is 0 Å². The molecule has 0 aliphatic carbocycles. The van der Waals surface area contributed by atoms with E-state index in [4.69, 9.17) is 4.74 Å².